The van der Waals surface area contributed by atoms with Crippen LogP contribution in [0.25, 0.3) is 0 Å². The fourth-order valence-electron chi connectivity index (χ4n) is 2.96. The van der Waals surface area contributed by atoms with Gasteiger partial charge in [-0.15, -0.1) is 0 Å². The highest BCUT2D eigenvalue weighted by molar-refractivity contribution is 5.83. The summed E-state index contributed by atoms with van der Waals surface area (Å²) in [4.78, 5) is 5.79. The van der Waals surface area contributed by atoms with Gasteiger partial charge in [0, 0.05) is 12.0 Å². The zero-order valence-corrected chi connectivity index (χ0v) is 9.70. The molecule has 0 saturated carbocycles. The van der Waals surface area contributed by atoms with Crippen LogP contribution < -0.4 is 0 Å². The van der Waals surface area contributed by atoms with E-state index in [1.165, 1.54) is 30.4 Å². The molecule has 16 heavy (non-hydrogen) atoms. The fourth-order valence-corrected chi connectivity index (χ4v) is 2.96. The molecule has 0 fully saturated rings. The quantitative estimate of drug-likeness (QED) is 0.650. The van der Waals surface area contributed by atoms with Crippen molar-refractivity contribution in [3.05, 3.63) is 35.4 Å². The van der Waals surface area contributed by atoms with Gasteiger partial charge >= 0.3 is 0 Å². The van der Waals surface area contributed by atoms with E-state index < -0.39 is 0 Å². The monoisotopic (exact) mass is 215 g/mol. The lowest BCUT2D eigenvalue weighted by Crippen LogP contribution is -2.26. The van der Waals surface area contributed by atoms with Crippen molar-refractivity contribution in [1.29, 1.82) is 0 Å². The molecule has 0 bridgehead atoms. The van der Waals surface area contributed by atoms with Crippen molar-refractivity contribution in [1.82, 2.24) is 0 Å². The van der Waals surface area contributed by atoms with Gasteiger partial charge < -0.3 is 4.84 Å². The lowest BCUT2D eigenvalue weighted by atomic mass is 9.84. The third kappa shape index (κ3) is 1.44. The first-order valence-corrected chi connectivity index (χ1v) is 6.10. The molecule has 84 valence electrons. The molecule has 2 heteroatoms. The molecule has 0 radical (unpaired) electrons. The largest absolute Gasteiger partial charge is 0.384 e. The summed E-state index contributed by atoms with van der Waals surface area (Å²) in [5, 5.41) is 4.17. The van der Waals surface area contributed by atoms with Crippen LogP contribution in [0.1, 0.15) is 43.7 Å². The number of aryl methyl sites for hydroxylation is 1. The molecular weight excluding hydrogens is 198 g/mol. The maximum Gasteiger partial charge on any atom is 0.168 e. The van der Waals surface area contributed by atoms with E-state index in [1.807, 2.05) is 0 Å². The number of fused-ring (bicyclic) bond motifs is 2. The van der Waals surface area contributed by atoms with Crippen molar-refractivity contribution in [2.45, 2.75) is 44.6 Å². The Balaban J connectivity index is 2.07. The van der Waals surface area contributed by atoms with Crippen LogP contribution in [0.2, 0.25) is 0 Å². The Morgan fingerprint density at radius 3 is 2.94 bits per heavy atom. The molecule has 0 aromatic heterocycles. The minimum absolute atomic E-state index is 0.142. The van der Waals surface area contributed by atoms with E-state index in [1.54, 1.807) is 0 Å². The highest BCUT2D eigenvalue weighted by Crippen LogP contribution is 2.43. The molecule has 1 aromatic carbocycles. The van der Waals surface area contributed by atoms with E-state index in [0.29, 0.717) is 0 Å². The van der Waals surface area contributed by atoms with Crippen LogP contribution >= 0.6 is 0 Å². The average Bonchev–Trinajstić information content (AvgIpc) is 2.58. The lowest BCUT2D eigenvalue weighted by molar-refractivity contribution is -0.0303. The Labute approximate surface area is 96.3 Å². The van der Waals surface area contributed by atoms with E-state index in [4.69, 9.17) is 4.84 Å². The van der Waals surface area contributed by atoms with Crippen molar-refractivity contribution < 1.29 is 4.84 Å². The van der Waals surface area contributed by atoms with Crippen molar-refractivity contribution in [3.8, 4) is 0 Å². The summed E-state index contributed by atoms with van der Waals surface area (Å²) >= 11 is 0. The normalized spacial score (nSPS) is 28.2. The Bertz CT molecular complexity index is 438. The molecule has 1 heterocycles. The van der Waals surface area contributed by atoms with Gasteiger partial charge in [-0.05, 0) is 38.2 Å². The lowest BCUT2D eigenvalue weighted by Gasteiger charge is -2.27. The summed E-state index contributed by atoms with van der Waals surface area (Å²) < 4.78 is 0. The second kappa shape index (κ2) is 3.62. The molecular formula is C14H17NO. The molecule has 2 nitrogen and oxygen atoms in total. The van der Waals surface area contributed by atoms with Gasteiger partial charge in [0.05, 0.1) is 5.71 Å². The molecule has 3 rings (SSSR count). The Kier molecular flexibility index (Phi) is 2.23. The third-order valence-corrected chi connectivity index (χ3v) is 3.70. The summed E-state index contributed by atoms with van der Waals surface area (Å²) in [6, 6.07) is 8.69. The maximum absolute atomic E-state index is 5.79. The van der Waals surface area contributed by atoms with Gasteiger partial charge in [0.15, 0.2) is 5.60 Å². The zero-order valence-electron chi connectivity index (χ0n) is 9.70. The molecule has 0 saturated heterocycles. The predicted molar refractivity (Wildman–Crippen MR) is 64.5 cm³/mol. The highest BCUT2D eigenvalue weighted by atomic mass is 16.7. The molecule has 1 aliphatic carbocycles. The Hall–Kier alpha value is -1.31. The topological polar surface area (TPSA) is 21.6 Å². The summed E-state index contributed by atoms with van der Waals surface area (Å²) in [7, 11) is 0. The molecule has 1 aromatic rings. The van der Waals surface area contributed by atoms with Crippen LogP contribution in [0.3, 0.4) is 0 Å². The van der Waals surface area contributed by atoms with Gasteiger partial charge in [0.25, 0.3) is 0 Å². The summed E-state index contributed by atoms with van der Waals surface area (Å²) in [6.45, 7) is 2.06. The molecule has 1 aliphatic heterocycles. The van der Waals surface area contributed by atoms with E-state index in [-0.39, 0.29) is 5.60 Å². The minimum atomic E-state index is -0.142. The average molecular weight is 215 g/mol. The molecule has 2 aliphatic rings. The summed E-state index contributed by atoms with van der Waals surface area (Å²) in [5.74, 6) is 0. The van der Waals surface area contributed by atoms with E-state index in [9.17, 15) is 0 Å². The van der Waals surface area contributed by atoms with Crippen molar-refractivity contribution in [2.24, 2.45) is 5.16 Å². The van der Waals surface area contributed by atoms with E-state index in [0.717, 1.165) is 18.6 Å². The van der Waals surface area contributed by atoms with E-state index in [2.05, 4.69) is 36.3 Å². The van der Waals surface area contributed by atoms with Gasteiger partial charge in [-0.25, -0.2) is 0 Å². The second-order valence-electron chi connectivity index (χ2n) is 4.95. The molecule has 1 spiro atoms. The predicted octanol–water partition coefficient (Wildman–Crippen LogP) is 3.40. The number of nitrogens with zero attached hydrogens (tertiary/aromatic N) is 1. The van der Waals surface area contributed by atoms with E-state index >= 15 is 0 Å². The van der Waals surface area contributed by atoms with Crippen molar-refractivity contribution >= 4 is 5.71 Å². The van der Waals surface area contributed by atoms with Gasteiger partial charge in [-0.3, -0.25) is 0 Å². The fraction of sp³-hybridized carbons (Fsp3) is 0.500. The standard InChI is InChI=1S/C14H17NO/c1-11-10-14(16-15-11)9-5-4-7-12-6-2-3-8-13(12)14/h2-3,6,8H,4-5,7,9-10H2,1H3. The third-order valence-electron chi connectivity index (χ3n) is 3.70. The van der Waals surface area contributed by atoms with Crippen LogP contribution in [0.15, 0.2) is 29.4 Å². The number of benzene rings is 1. The number of rotatable bonds is 0. The second-order valence-corrected chi connectivity index (χ2v) is 4.95. The van der Waals surface area contributed by atoms with Crippen LogP contribution in [-0.2, 0) is 16.9 Å². The first kappa shape index (κ1) is 9.88. The number of hydrogen-bond acceptors (Lipinski definition) is 2. The SMILES string of the molecule is CC1=NOC2(CCCCc3ccccc32)C1. The van der Waals surface area contributed by atoms with Gasteiger partial charge in [0.2, 0.25) is 0 Å². The zero-order chi connectivity index (χ0) is 11.0. The highest BCUT2D eigenvalue weighted by Gasteiger charge is 2.41. The van der Waals surface area contributed by atoms with Crippen molar-refractivity contribution in [2.75, 3.05) is 0 Å². The van der Waals surface area contributed by atoms with Gasteiger partial charge in [0.1, 0.15) is 0 Å². The van der Waals surface area contributed by atoms with Gasteiger partial charge in [-0.2, -0.15) is 0 Å². The molecule has 0 amide bonds. The van der Waals surface area contributed by atoms with Crippen LogP contribution in [-0.4, -0.2) is 5.71 Å². The maximum atomic E-state index is 5.79. The number of oxime groups is 1. The first-order chi connectivity index (χ1) is 7.80. The Morgan fingerprint density at radius 1 is 1.25 bits per heavy atom. The molecule has 1 atom stereocenters. The Morgan fingerprint density at radius 2 is 2.12 bits per heavy atom. The molecule has 1 unspecified atom stereocenters. The molecule has 0 N–H and O–H groups in total. The van der Waals surface area contributed by atoms with Crippen LogP contribution in [0.5, 0.6) is 0 Å². The summed E-state index contributed by atoms with van der Waals surface area (Å²) in [5.41, 5.74) is 3.80. The first-order valence-electron chi connectivity index (χ1n) is 6.10. The smallest absolute Gasteiger partial charge is 0.168 e. The van der Waals surface area contributed by atoms with Crippen LogP contribution in [0.4, 0.5) is 0 Å². The summed E-state index contributed by atoms with van der Waals surface area (Å²) in [6.07, 6.45) is 5.74. The van der Waals surface area contributed by atoms with Gasteiger partial charge in [-0.1, -0.05) is 29.4 Å². The van der Waals surface area contributed by atoms with Crippen LogP contribution in [0, 0.1) is 0 Å². The minimum Gasteiger partial charge on any atom is -0.384 e. The number of hydrogen-bond donors (Lipinski definition) is 0. The van der Waals surface area contributed by atoms with Crippen molar-refractivity contribution in [3.63, 3.8) is 0 Å².